The third kappa shape index (κ3) is 2.52. The van der Waals surface area contributed by atoms with Crippen LogP contribution in [0.25, 0.3) is 0 Å². The van der Waals surface area contributed by atoms with Crippen molar-refractivity contribution >= 4 is 5.95 Å². The third-order valence-corrected chi connectivity index (χ3v) is 3.23. The van der Waals surface area contributed by atoms with Crippen LogP contribution in [0.1, 0.15) is 39.7 Å². The Morgan fingerprint density at radius 3 is 2.80 bits per heavy atom. The molecule has 1 aromatic rings. The number of nitrogens with zero attached hydrogens (tertiary/aromatic N) is 2. The molecule has 1 aliphatic rings. The molecule has 1 saturated carbocycles. The zero-order valence-corrected chi connectivity index (χ0v) is 9.90. The second-order valence-corrected chi connectivity index (χ2v) is 4.95. The topological polar surface area (TPSA) is 29.9 Å². The average molecular weight is 207 g/mol. The first-order valence-corrected chi connectivity index (χ1v) is 5.95. The highest BCUT2D eigenvalue weighted by molar-refractivity contribution is 5.26. The largest absolute Gasteiger partial charge is 0.355 e. The lowest BCUT2D eigenvalue weighted by molar-refractivity contribution is 0.529. The van der Waals surface area contributed by atoms with E-state index < -0.39 is 0 Å². The molecular formula is C12H21N3. The molecule has 1 fully saturated rings. The number of hydrogen-bond donors (Lipinski definition) is 1. The molecular weight excluding hydrogens is 186 g/mol. The fraction of sp³-hybridized carbons (Fsp3) is 0.750. The molecule has 0 saturated heterocycles. The quantitative estimate of drug-likeness (QED) is 0.804. The summed E-state index contributed by atoms with van der Waals surface area (Å²) < 4.78 is 2.18. The van der Waals surface area contributed by atoms with E-state index in [0.717, 1.165) is 24.3 Å². The summed E-state index contributed by atoms with van der Waals surface area (Å²) in [4.78, 5) is 4.34. The highest BCUT2D eigenvalue weighted by atomic mass is 15.2. The number of aromatic nitrogens is 2. The highest BCUT2D eigenvalue weighted by Gasteiger charge is 2.27. The van der Waals surface area contributed by atoms with Gasteiger partial charge in [-0.3, -0.25) is 0 Å². The van der Waals surface area contributed by atoms with Gasteiger partial charge in [0.05, 0.1) is 0 Å². The molecule has 2 rings (SSSR count). The van der Waals surface area contributed by atoms with Gasteiger partial charge in [0.15, 0.2) is 0 Å². The molecule has 1 aromatic heterocycles. The lowest BCUT2D eigenvalue weighted by Gasteiger charge is -2.15. The fourth-order valence-corrected chi connectivity index (χ4v) is 1.95. The normalized spacial score (nSPS) is 18.1. The maximum Gasteiger partial charge on any atom is 0.203 e. The fourth-order valence-electron chi connectivity index (χ4n) is 1.95. The van der Waals surface area contributed by atoms with Crippen molar-refractivity contribution in [3.8, 4) is 0 Å². The van der Waals surface area contributed by atoms with Crippen LogP contribution < -0.4 is 5.32 Å². The van der Waals surface area contributed by atoms with Crippen LogP contribution in [0, 0.1) is 11.8 Å². The van der Waals surface area contributed by atoms with Crippen LogP contribution in [0.3, 0.4) is 0 Å². The molecule has 0 radical (unpaired) electrons. The smallest absolute Gasteiger partial charge is 0.203 e. The van der Waals surface area contributed by atoms with Gasteiger partial charge in [-0.1, -0.05) is 6.92 Å². The van der Waals surface area contributed by atoms with Crippen LogP contribution >= 0.6 is 0 Å². The van der Waals surface area contributed by atoms with Gasteiger partial charge >= 0.3 is 0 Å². The summed E-state index contributed by atoms with van der Waals surface area (Å²) in [6.45, 7) is 7.73. The van der Waals surface area contributed by atoms with E-state index in [2.05, 4.69) is 35.6 Å². The summed E-state index contributed by atoms with van der Waals surface area (Å²) in [5, 5.41) is 3.45. The van der Waals surface area contributed by atoms with Gasteiger partial charge in [-0.25, -0.2) is 4.98 Å². The van der Waals surface area contributed by atoms with Gasteiger partial charge in [-0.05, 0) is 38.5 Å². The highest BCUT2D eigenvalue weighted by Crippen LogP contribution is 2.36. The van der Waals surface area contributed by atoms with Gasteiger partial charge in [-0.15, -0.1) is 0 Å². The molecule has 1 N–H and O–H groups in total. The zero-order valence-electron chi connectivity index (χ0n) is 9.90. The standard InChI is InChI=1S/C12H21N3/c1-9(2)15-7-6-13-12(15)14-8-10(3)11-4-5-11/h6-7,9-11H,4-5,8H2,1-3H3,(H,13,14). The van der Waals surface area contributed by atoms with Gasteiger partial charge in [0.1, 0.15) is 0 Å². The maximum atomic E-state index is 4.34. The molecule has 0 spiro atoms. The summed E-state index contributed by atoms with van der Waals surface area (Å²) >= 11 is 0. The van der Waals surface area contributed by atoms with E-state index in [-0.39, 0.29) is 0 Å². The Morgan fingerprint density at radius 1 is 1.47 bits per heavy atom. The monoisotopic (exact) mass is 207 g/mol. The predicted octanol–water partition coefficient (Wildman–Crippen LogP) is 2.92. The van der Waals surface area contributed by atoms with Crippen LogP contribution in [0.4, 0.5) is 5.95 Å². The van der Waals surface area contributed by atoms with Crippen molar-refractivity contribution < 1.29 is 0 Å². The Kier molecular flexibility index (Phi) is 2.98. The average Bonchev–Trinajstić information content (AvgIpc) is 2.93. The Bertz CT molecular complexity index is 312. The lowest BCUT2D eigenvalue weighted by Crippen LogP contribution is -2.16. The number of imidazole rings is 1. The van der Waals surface area contributed by atoms with E-state index in [1.54, 1.807) is 0 Å². The third-order valence-electron chi connectivity index (χ3n) is 3.23. The first-order chi connectivity index (χ1) is 7.18. The summed E-state index contributed by atoms with van der Waals surface area (Å²) in [7, 11) is 0. The van der Waals surface area contributed by atoms with Crippen molar-refractivity contribution in [3.63, 3.8) is 0 Å². The van der Waals surface area contributed by atoms with Crippen LogP contribution in [0.15, 0.2) is 12.4 Å². The van der Waals surface area contributed by atoms with Gasteiger partial charge in [0.2, 0.25) is 5.95 Å². The first-order valence-electron chi connectivity index (χ1n) is 5.95. The Hall–Kier alpha value is -0.990. The van der Waals surface area contributed by atoms with E-state index in [4.69, 9.17) is 0 Å². The molecule has 0 aromatic carbocycles. The summed E-state index contributed by atoms with van der Waals surface area (Å²) in [5.74, 6) is 2.75. The van der Waals surface area contributed by atoms with Gasteiger partial charge in [-0.2, -0.15) is 0 Å². The Labute approximate surface area is 91.9 Å². The molecule has 1 atom stereocenters. The second-order valence-electron chi connectivity index (χ2n) is 4.95. The van der Waals surface area contributed by atoms with Gasteiger partial charge < -0.3 is 9.88 Å². The number of rotatable bonds is 5. The molecule has 3 heteroatoms. The first kappa shape index (κ1) is 10.5. The summed E-state index contributed by atoms with van der Waals surface area (Å²) in [5.41, 5.74) is 0. The van der Waals surface area contributed by atoms with Crippen molar-refractivity contribution in [1.82, 2.24) is 9.55 Å². The minimum atomic E-state index is 0.478. The van der Waals surface area contributed by atoms with Gasteiger partial charge in [0.25, 0.3) is 0 Å². The lowest BCUT2D eigenvalue weighted by atomic mass is 10.1. The van der Waals surface area contributed by atoms with E-state index in [0.29, 0.717) is 6.04 Å². The van der Waals surface area contributed by atoms with E-state index in [9.17, 15) is 0 Å². The number of hydrogen-bond acceptors (Lipinski definition) is 2. The van der Waals surface area contributed by atoms with Crippen molar-refractivity contribution in [3.05, 3.63) is 12.4 Å². The maximum absolute atomic E-state index is 4.34. The summed E-state index contributed by atoms with van der Waals surface area (Å²) in [6, 6.07) is 0.478. The molecule has 0 aliphatic heterocycles. The second kappa shape index (κ2) is 4.25. The van der Waals surface area contributed by atoms with Crippen molar-refractivity contribution in [2.45, 2.75) is 39.7 Å². The van der Waals surface area contributed by atoms with Crippen molar-refractivity contribution in [2.24, 2.45) is 11.8 Å². The van der Waals surface area contributed by atoms with E-state index in [1.165, 1.54) is 12.8 Å². The zero-order chi connectivity index (χ0) is 10.8. The molecule has 3 nitrogen and oxygen atoms in total. The van der Waals surface area contributed by atoms with Gasteiger partial charge in [0, 0.05) is 25.0 Å². The van der Waals surface area contributed by atoms with Crippen molar-refractivity contribution in [2.75, 3.05) is 11.9 Å². The number of anilines is 1. The SMILES string of the molecule is CC(CNc1nccn1C(C)C)C1CC1. The summed E-state index contributed by atoms with van der Waals surface area (Å²) in [6.07, 6.45) is 6.74. The minimum Gasteiger partial charge on any atom is -0.355 e. The minimum absolute atomic E-state index is 0.478. The molecule has 1 unspecified atom stereocenters. The predicted molar refractivity (Wildman–Crippen MR) is 63.0 cm³/mol. The molecule has 0 amide bonds. The van der Waals surface area contributed by atoms with Crippen molar-refractivity contribution in [1.29, 1.82) is 0 Å². The molecule has 1 aliphatic carbocycles. The van der Waals surface area contributed by atoms with Crippen LogP contribution in [-0.2, 0) is 0 Å². The molecule has 0 bridgehead atoms. The van der Waals surface area contributed by atoms with Crippen LogP contribution in [0.2, 0.25) is 0 Å². The Morgan fingerprint density at radius 2 is 2.20 bits per heavy atom. The Balaban J connectivity index is 1.89. The number of nitrogens with one attached hydrogen (secondary N) is 1. The molecule has 84 valence electrons. The van der Waals surface area contributed by atoms with E-state index >= 15 is 0 Å². The van der Waals surface area contributed by atoms with E-state index in [1.807, 2.05) is 12.4 Å². The molecule has 1 heterocycles. The van der Waals surface area contributed by atoms with Crippen LogP contribution in [0.5, 0.6) is 0 Å². The van der Waals surface area contributed by atoms with Crippen LogP contribution in [-0.4, -0.2) is 16.1 Å². The molecule has 15 heavy (non-hydrogen) atoms.